The molecule has 0 amide bonds. The van der Waals surface area contributed by atoms with Crippen LogP contribution in [0.2, 0.25) is 0 Å². The summed E-state index contributed by atoms with van der Waals surface area (Å²) < 4.78 is 45.4. The Morgan fingerprint density at radius 3 is 2.63 bits per heavy atom. The molecule has 1 heterocycles. The number of unbranched alkanes of at least 4 members (excludes halogenated alkanes) is 1. The number of anilines is 2. The molecule has 5 N–H and O–H groups in total. The molecule has 12 heteroatoms. The van der Waals surface area contributed by atoms with Crippen LogP contribution >= 0.6 is 27.5 Å². The molecule has 0 aliphatic heterocycles. The number of nitrogens with one attached hydrogen (secondary N) is 3. The van der Waals surface area contributed by atoms with Crippen molar-refractivity contribution in [2.75, 3.05) is 36.2 Å². The van der Waals surface area contributed by atoms with E-state index in [0.717, 1.165) is 50.0 Å². The molecule has 0 fully saturated rings. The smallest absolute Gasteiger partial charge is 0.266 e. The number of nitrogens with zero attached hydrogens (tertiary/aromatic N) is 2. The summed E-state index contributed by atoms with van der Waals surface area (Å²) in [5.74, 6) is -0.846. The molecular weight excluding hydrogens is 459 g/mol. The first kappa shape index (κ1) is 22.0. The standard InChI is InChI=1S/C15H22BrFN6O2S2/c16-11-8-14(27(24,25)23-15-21-10-22-26-15)12(17)9-13(11)20-7-2-1-5-19-6-3-4-18/h8-10,19-20H,1-7,18H2,(H,21,22,23). The lowest BCUT2D eigenvalue weighted by Crippen LogP contribution is -2.20. The zero-order valence-corrected chi connectivity index (χ0v) is 17.8. The van der Waals surface area contributed by atoms with E-state index >= 15 is 0 Å². The highest BCUT2D eigenvalue weighted by Gasteiger charge is 2.22. The summed E-state index contributed by atoms with van der Waals surface area (Å²) in [5, 5.41) is 6.47. The average Bonchev–Trinajstić information content (AvgIpc) is 3.11. The maximum Gasteiger partial charge on any atom is 0.266 e. The van der Waals surface area contributed by atoms with Crippen molar-refractivity contribution in [2.45, 2.75) is 24.2 Å². The molecule has 0 spiro atoms. The summed E-state index contributed by atoms with van der Waals surface area (Å²) in [5.41, 5.74) is 5.92. The van der Waals surface area contributed by atoms with Crippen LogP contribution in [-0.4, -0.2) is 44.0 Å². The van der Waals surface area contributed by atoms with Crippen molar-refractivity contribution >= 4 is 48.3 Å². The fourth-order valence-corrected chi connectivity index (χ4v) is 4.59. The van der Waals surface area contributed by atoms with Crippen molar-refractivity contribution in [3.8, 4) is 0 Å². The zero-order chi connectivity index (χ0) is 19.7. The Hall–Kier alpha value is -1.34. The van der Waals surface area contributed by atoms with Crippen LogP contribution in [0.4, 0.5) is 15.2 Å². The monoisotopic (exact) mass is 480 g/mol. The van der Waals surface area contributed by atoms with Crippen molar-refractivity contribution in [3.05, 3.63) is 28.7 Å². The van der Waals surface area contributed by atoms with Gasteiger partial charge in [-0.1, -0.05) is 0 Å². The van der Waals surface area contributed by atoms with Crippen LogP contribution in [0.15, 0.2) is 27.8 Å². The first-order chi connectivity index (χ1) is 12.9. The Bertz CT molecular complexity index is 820. The van der Waals surface area contributed by atoms with Gasteiger partial charge in [0.25, 0.3) is 10.0 Å². The highest BCUT2D eigenvalue weighted by Crippen LogP contribution is 2.29. The van der Waals surface area contributed by atoms with Crippen molar-refractivity contribution in [2.24, 2.45) is 5.73 Å². The van der Waals surface area contributed by atoms with Gasteiger partial charge in [0.05, 0.1) is 5.69 Å². The van der Waals surface area contributed by atoms with Gasteiger partial charge >= 0.3 is 0 Å². The molecule has 27 heavy (non-hydrogen) atoms. The summed E-state index contributed by atoms with van der Waals surface area (Å²) in [7, 11) is -4.09. The Morgan fingerprint density at radius 1 is 1.19 bits per heavy atom. The van der Waals surface area contributed by atoms with Gasteiger partial charge in [-0.25, -0.2) is 17.8 Å². The molecule has 0 saturated heterocycles. The lowest BCUT2D eigenvalue weighted by molar-refractivity contribution is 0.570. The maximum absolute atomic E-state index is 14.4. The van der Waals surface area contributed by atoms with Gasteiger partial charge in [0.15, 0.2) is 0 Å². The number of nitrogens with two attached hydrogens (primary N) is 1. The third kappa shape index (κ3) is 6.96. The van der Waals surface area contributed by atoms with Crippen LogP contribution in [0.5, 0.6) is 0 Å². The number of benzene rings is 1. The molecule has 150 valence electrons. The predicted octanol–water partition coefficient (Wildman–Crippen LogP) is 2.37. The fraction of sp³-hybridized carbons (Fsp3) is 0.467. The van der Waals surface area contributed by atoms with E-state index in [1.165, 1.54) is 12.4 Å². The van der Waals surface area contributed by atoms with Gasteiger partial charge in [0.1, 0.15) is 17.0 Å². The first-order valence-corrected chi connectivity index (χ1v) is 11.4. The minimum absolute atomic E-state index is 0.0767. The number of rotatable bonds is 12. The van der Waals surface area contributed by atoms with E-state index in [0.29, 0.717) is 23.2 Å². The van der Waals surface area contributed by atoms with Crippen LogP contribution < -0.4 is 21.1 Å². The minimum Gasteiger partial charge on any atom is -0.384 e. The number of halogens is 2. The van der Waals surface area contributed by atoms with Crippen LogP contribution in [0.25, 0.3) is 0 Å². The zero-order valence-electron chi connectivity index (χ0n) is 14.5. The van der Waals surface area contributed by atoms with Gasteiger partial charge in [-0.05, 0) is 67.0 Å². The third-order valence-electron chi connectivity index (χ3n) is 3.55. The van der Waals surface area contributed by atoms with E-state index in [1.54, 1.807) is 0 Å². The molecule has 1 aromatic heterocycles. The second-order valence-corrected chi connectivity index (χ2v) is 8.93. The lowest BCUT2D eigenvalue weighted by atomic mass is 10.2. The maximum atomic E-state index is 14.4. The van der Waals surface area contributed by atoms with E-state index in [9.17, 15) is 12.8 Å². The largest absolute Gasteiger partial charge is 0.384 e. The number of hydrogen-bond acceptors (Lipinski definition) is 8. The Balaban J connectivity index is 1.90. The molecule has 0 atom stereocenters. The van der Waals surface area contributed by atoms with Gasteiger partial charge in [-0.3, -0.25) is 4.72 Å². The Labute approximate surface area is 170 Å². The van der Waals surface area contributed by atoms with Gasteiger partial charge in [-0.15, -0.1) is 0 Å². The molecule has 1 aromatic carbocycles. The average molecular weight is 481 g/mol. The van der Waals surface area contributed by atoms with Crippen molar-refractivity contribution in [3.63, 3.8) is 0 Å². The second-order valence-electron chi connectivity index (χ2n) is 5.64. The summed E-state index contributed by atoms with van der Waals surface area (Å²) >= 11 is 4.16. The first-order valence-electron chi connectivity index (χ1n) is 8.37. The minimum atomic E-state index is -4.09. The van der Waals surface area contributed by atoms with Crippen molar-refractivity contribution in [1.82, 2.24) is 14.7 Å². The summed E-state index contributed by atoms with van der Waals surface area (Å²) in [4.78, 5) is 3.28. The highest BCUT2D eigenvalue weighted by molar-refractivity contribution is 9.10. The van der Waals surface area contributed by atoms with Crippen LogP contribution in [-0.2, 0) is 10.0 Å². The third-order valence-corrected chi connectivity index (χ3v) is 6.27. The predicted molar refractivity (Wildman–Crippen MR) is 109 cm³/mol. The molecule has 2 rings (SSSR count). The van der Waals surface area contributed by atoms with Crippen LogP contribution in [0.3, 0.4) is 0 Å². The molecule has 0 aliphatic carbocycles. The van der Waals surface area contributed by atoms with Gasteiger partial charge < -0.3 is 16.4 Å². The van der Waals surface area contributed by atoms with E-state index in [4.69, 9.17) is 5.73 Å². The van der Waals surface area contributed by atoms with Gasteiger partial charge in [-0.2, -0.15) is 4.37 Å². The van der Waals surface area contributed by atoms with Crippen LogP contribution in [0.1, 0.15) is 19.3 Å². The van der Waals surface area contributed by atoms with E-state index in [2.05, 4.69) is 40.6 Å². The molecule has 2 aromatic rings. The molecule has 0 bridgehead atoms. The number of sulfonamides is 1. The molecule has 8 nitrogen and oxygen atoms in total. The topological polar surface area (TPSA) is 122 Å². The van der Waals surface area contributed by atoms with E-state index in [-0.39, 0.29) is 5.13 Å². The Morgan fingerprint density at radius 2 is 1.93 bits per heavy atom. The van der Waals surface area contributed by atoms with Gasteiger partial charge in [0.2, 0.25) is 5.13 Å². The molecular formula is C15H22BrFN6O2S2. The SMILES string of the molecule is NCCCNCCCCNc1cc(F)c(S(=O)(=O)Nc2ncns2)cc1Br. The molecule has 0 radical (unpaired) electrons. The van der Waals surface area contributed by atoms with E-state index < -0.39 is 20.7 Å². The summed E-state index contributed by atoms with van der Waals surface area (Å²) in [6.45, 7) is 3.12. The normalized spacial score (nSPS) is 11.5. The van der Waals surface area contributed by atoms with Crippen molar-refractivity contribution < 1.29 is 12.8 Å². The molecule has 0 aliphatic rings. The Kier molecular flexibility index (Phi) is 8.83. The number of aromatic nitrogens is 2. The summed E-state index contributed by atoms with van der Waals surface area (Å²) in [6.07, 6.45) is 4.03. The van der Waals surface area contributed by atoms with Crippen molar-refractivity contribution in [1.29, 1.82) is 0 Å². The molecule has 0 saturated carbocycles. The quantitative estimate of drug-likeness (QED) is 0.344. The second kappa shape index (κ2) is 10.9. The molecule has 0 unspecified atom stereocenters. The van der Waals surface area contributed by atoms with Gasteiger partial charge in [0, 0.05) is 22.5 Å². The lowest BCUT2D eigenvalue weighted by Gasteiger charge is -2.12. The highest BCUT2D eigenvalue weighted by atomic mass is 79.9. The number of hydrogen-bond donors (Lipinski definition) is 4. The summed E-state index contributed by atoms with van der Waals surface area (Å²) in [6, 6.07) is 2.40. The van der Waals surface area contributed by atoms with Crippen LogP contribution in [0, 0.1) is 5.82 Å². The van der Waals surface area contributed by atoms with E-state index in [1.807, 2.05) is 0 Å². The fourth-order valence-electron chi connectivity index (χ4n) is 2.21.